The maximum absolute atomic E-state index is 13.4. The van der Waals surface area contributed by atoms with Gasteiger partial charge in [0.05, 0.1) is 11.5 Å². The summed E-state index contributed by atoms with van der Waals surface area (Å²) in [7, 11) is -3.92. The van der Waals surface area contributed by atoms with E-state index in [0.29, 0.717) is 30.0 Å². The summed E-state index contributed by atoms with van der Waals surface area (Å²) in [5.41, 5.74) is 1.65. The molecule has 3 rings (SSSR count). The molecule has 0 spiro atoms. The topological polar surface area (TPSA) is 84.8 Å². The Balaban J connectivity index is 1.83. The lowest BCUT2D eigenvalue weighted by atomic mass is 10.1. The Morgan fingerprint density at radius 2 is 2.00 bits per heavy atom. The smallest absolute Gasteiger partial charge is 0.282 e. The number of amides is 1. The van der Waals surface area contributed by atoms with E-state index in [1.807, 2.05) is 0 Å². The van der Waals surface area contributed by atoms with E-state index in [1.165, 1.54) is 36.5 Å². The molecular weight excluding hydrogens is 383 g/mol. The van der Waals surface area contributed by atoms with Crippen LogP contribution in [0.5, 0.6) is 0 Å². The second-order valence-electron chi connectivity index (χ2n) is 6.75. The van der Waals surface area contributed by atoms with E-state index in [0.717, 1.165) is 6.42 Å². The van der Waals surface area contributed by atoms with Crippen LogP contribution in [-0.4, -0.2) is 33.8 Å². The van der Waals surface area contributed by atoms with E-state index >= 15 is 0 Å². The molecule has 0 saturated carbocycles. The fraction of sp³-hybridized carbons (Fsp3) is 0.300. The summed E-state index contributed by atoms with van der Waals surface area (Å²) in [6.07, 6.45) is 2.13. The van der Waals surface area contributed by atoms with Gasteiger partial charge in [-0.05, 0) is 61.7 Å². The zero-order valence-electron chi connectivity index (χ0n) is 15.6. The molecule has 1 fully saturated rings. The van der Waals surface area contributed by atoms with Crippen LogP contribution in [0, 0.1) is 25.6 Å². The maximum atomic E-state index is 13.4. The van der Waals surface area contributed by atoms with Gasteiger partial charge < -0.3 is 10.1 Å². The van der Waals surface area contributed by atoms with Crippen LogP contribution in [-0.2, 0) is 14.8 Å². The van der Waals surface area contributed by atoms with Crippen molar-refractivity contribution in [1.29, 1.82) is 0 Å². The quantitative estimate of drug-likeness (QED) is 0.773. The summed E-state index contributed by atoms with van der Waals surface area (Å²) in [6.45, 7) is 4.35. The number of rotatable bonds is 5. The van der Waals surface area contributed by atoms with Gasteiger partial charge in [-0.25, -0.2) is 4.39 Å². The van der Waals surface area contributed by atoms with Crippen molar-refractivity contribution >= 4 is 27.8 Å². The first-order valence-electron chi connectivity index (χ1n) is 8.82. The van der Waals surface area contributed by atoms with Crippen molar-refractivity contribution in [2.24, 2.45) is 10.3 Å². The standard InChI is InChI=1S/C20H21FN2O4S/c1-13-3-5-17(28(25,26)22-11-15-7-8-27-12-15)10-18(13)20(24)23-16-4-6-19(21)14(2)9-16/h3-6,9-11,15H,7-8,12H2,1-2H3,(H,23,24). The molecule has 2 aromatic carbocycles. The Hall–Kier alpha value is -2.58. The predicted molar refractivity (Wildman–Crippen MR) is 105 cm³/mol. The number of nitrogens with zero attached hydrogens (tertiary/aromatic N) is 1. The highest BCUT2D eigenvalue weighted by atomic mass is 32.2. The number of aryl methyl sites for hydroxylation is 2. The first-order valence-corrected chi connectivity index (χ1v) is 10.3. The average molecular weight is 404 g/mol. The molecule has 1 unspecified atom stereocenters. The zero-order chi connectivity index (χ0) is 20.3. The third kappa shape index (κ3) is 4.63. The zero-order valence-corrected chi connectivity index (χ0v) is 16.4. The van der Waals surface area contributed by atoms with Gasteiger partial charge in [-0.15, -0.1) is 0 Å². The Kier molecular flexibility index (Phi) is 5.90. The average Bonchev–Trinajstić information content (AvgIpc) is 3.17. The summed E-state index contributed by atoms with van der Waals surface area (Å²) in [4.78, 5) is 12.6. The highest BCUT2D eigenvalue weighted by molar-refractivity contribution is 7.90. The van der Waals surface area contributed by atoms with E-state index in [-0.39, 0.29) is 22.2 Å². The van der Waals surface area contributed by atoms with Gasteiger partial charge in [-0.3, -0.25) is 4.79 Å². The number of anilines is 1. The minimum Gasteiger partial charge on any atom is -0.381 e. The minimum absolute atomic E-state index is 0.0234. The highest BCUT2D eigenvalue weighted by Gasteiger charge is 2.19. The normalized spacial score (nSPS) is 17.2. The second kappa shape index (κ2) is 8.20. The third-order valence-electron chi connectivity index (χ3n) is 4.54. The Morgan fingerprint density at radius 1 is 1.21 bits per heavy atom. The molecule has 28 heavy (non-hydrogen) atoms. The molecule has 1 aliphatic rings. The maximum Gasteiger partial charge on any atom is 0.282 e. The van der Waals surface area contributed by atoms with Gasteiger partial charge in [-0.2, -0.15) is 12.8 Å². The van der Waals surface area contributed by atoms with Gasteiger partial charge >= 0.3 is 0 Å². The molecule has 0 bridgehead atoms. The highest BCUT2D eigenvalue weighted by Crippen LogP contribution is 2.21. The first-order chi connectivity index (χ1) is 13.3. The molecule has 6 nitrogen and oxygen atoms in total. The van der Waals surface area contributed by atoms with Crippen LogP contribution in [0.15, 0.2) is 45.7 Å². The van der Waals surface area contributed by atoms with Crippen LogP contribution in [0.25, 0.3) is 0 Å². The molecule has 1 atom stereocenters. The van der Waals surface area contributed by atoms with Crippen molar-refractivity contribution in [3.63, 3.8) is 0 Å². The number of ether oxygens (including phenoxy) is 1. The Labute approximate surface area is 163 Å². The van der Waals surface area contributed by atoms with Gasteiger partial charge in [0, 0.05) is 30.0 Å². The molecule has 148 valence electrons. The fourth-order valence-electron chi connectivity index (χ4n) is 2.82. The van der Waals surface area contributed by atoms with Crippen molar-refractivity contribution < 1.29 is 22.3 Å². The van der Waals surface area contributed by atoms with Crippen molar-refractivity contribution in [1.82, 2.24) is 0 Å². The number of carbonyl (C=O) groups excluding carboxylic acids is 1. The monoisotopic (exact) mass is 404 g/mol. The molecule has 2 aromatic rings. The summed E-state index contributed by atoms with van der Waals surface area (Å²) >= 11 is 0. The third-order valence-corrected chi connectivity index (χ3v) is 5.79. The molecule has 1 amide bonds. The summed E-state index contributed by atoms with van der Waals surface area (Å²) in [5.74, 6) is -0.869. The number of carbonyl (C=O) groups is 1. The van der Waals surface area contributed by atoms with E-state index in [1.54, 1.807) is 19.9 Å². The second-order valence-corrected chi connectivity index (χ2v) is 8.38. The van der Waals surface area contributed by atoms with Gasteiger partial charge in [0.1, 0.15) is 5.82 Å². The predicted octanol–water partition coefficient (Wildman–Crippen LogP) is 3.49. The number of hydrogen-bond acceptors (Lipinski definition) is 4. The van der Waals surface area contributed by atoms with Crippen molar-refractivity contribution in [2.45, 2.75) is 25.2 Å². The molecule has 1 aliphatic heterocycles. The Bertz CT molecular complexity index is 1030. The minimum atomic E-state index is -3.92. The lowest BCUT2D eigenvalue weighted by molar-refractivity contribution is 0.102. The number of hydrogen-bond donors (Lipinski definition) is 1. The van der Waals surface area contributed by atoms with Crippen LogP contribution in [0.3, 0.4) is 0 Å². The number of benzene rings is 2. The Morgan fingerprint density at radius 3 is 2.68 bits per heavy atom. The molecule has 0 radical (unpaired) electrons. The van der Waals surface area contributed by atoms with Crippen LogP contribution in [0.2, 0.25) is 0 Å². The molecule has 1 heterocycles. The summed E-state index contributed by atoms with van der Waals surface area (Å²) < 4.78 is 47.3. The number of sulfonamides is 1. The molecule has 1 saturated heterocycles. The number of halogens is 1. The van der Waals surface area contributed by atoms with Crippen molar-refractivity contribution in [2.75, 3.05) is 18.5 Å². The molecular formula is C20H21FN2O4S. The lowest BCUT2D eigenvalue weighted by Crippen LogP contribution is -2.14. The van der Waals surface area contributed by atoms with Crippen LogP contribution in [0.1, 0.15) is 27.9 Å². The van der Waals surface area contributed by atoms with E-state index < -0.39 is 15.9 Å². The van der Waals surface area contributed by atoms with E-state index in [2.05, 4.69) is 9.71 Å². The fourth-order valence-corrected chi connectivity index (χ4v) is 3.79. The van der Waals surface area contributed by atoms with Gasteiger partial charge in [0.15, 0.2) is 0 Å². The molecule has 0 aliphatic carbocycles. The van der Waals surface area contributed by atoms with Crippen LogP contribution in [0.4, 0.5) is 10.1 Å². The molecule has 1 N–H and O–H groups in total. The first kappa shape index (κ1) is 20.2. The summed E-state index contributed by atoms with van der Waals surface area (Å²) in [6, 6.07) is 8.51. The molecule has 0 aromatic heterocycles. The van der Waals surface area contributed by atoms with Gasteiger partial charge in [0.2, 0.25) is 0 Å². The van der Waals surface area contributed by atoms with Crippen LogP contribution < -0.4 is 5.32 Å². The van der Waals surface area contributed by atoms with Gasteiger partial charge in [0.25, 0.3) is 15.9 Å². The summed E-state index contributed by atoms with van der Waals surface area (Å²) in [5, 5.41) is 2.67. The molecule has 8 heteroatoms. The SMILES string of the molecule is Cc1cc(NC(=O)c2cc(S(=O)(=O)N=CC3CCOC3)ccc2C)ccc1F. The van der Waals surface area contributed by atoms with Crippen molar-refractivity contribution in [3.05, 3.63) is 58.9 Å². The van der Waals surface area contributed by atoms with Crippen LogP contribution >= 0.6 is 0 Å². The van der Waals surface area contributed by atoms with Gasteiger partial charge in [-0.1, -0.05) is 6.07 Å². The number of nitrogens with one attached hydrogen (secondary N) is 1. The van der Waals surface area contributed by atoms with E-state index in [9.17, 15) is 17.6 Å². The largest absolute Gasteiger partial charge is 0.381 e. The van der Waals surface area contributed by atoms with E-state index in [4.69, 9.17) is 4.74 Å². The van der Waals surface area contributed by atoms with Crippen molar-refractivity contribution in [3.8, 4) is 0 Å². The lowest BCUT2D eigenvalue weighted by Gasteiger charge is -2.10.